The molecular formula is C15H22N2O2S. The van der Waals surface area contributed by atoms with Gasteiger partial charge in [-0.1, -0.05) is 18.2 Å². The predicted molar refractivity (Wildman–Crippen MR) is 79.5 cm³/mol. The lowest BCUT2D eigenvalue weighted by atomic mass is 9.96. The maximum absolute atomic E-state index is 12.1. The minimum atomic E-state index is -3.09. The smallest absolute Gasteiger partial charge is 0.180 e. The van der Waals surface area contributed by atoms with Crippen LogP contribution in [0.4, 0.5) is 0 Å². The number of benzene rings is 1. The summed E-state index contributed by atoms with van der Waals surface area (Å²) in [5.74, 6) is 0.876. The summed E-state index contributed by atoms with van der Waals surface area (Å²) in [7, 11) is -0.931. The first-order valence-electron chi connectivity index (χ1n) is 7.30. The van der Waals surface area contributed by atoms with E-state index in [4.69, 9.17) is 0 Å². The lowest BCUT2D eigenvalue weighted by Gasteiger charge is -2.29. The summed E-state index contributed by atoms with van der Waals surface area (Å²) in [6.07, 6.45) is 2.40. The highest BCUT2D eigenvalue weighted by atomic mass is 32.2. The number of fused-ring (bicyclic) bond motifs is 1. The molecule has 1 unspecified atom stereocenters. The van der Waals surface area contributed by atoms with Gasteiger partial charge < -0.3 is 10.2 Å². The van der Waals surface area contributed by atoms with E-state index < -0.39 is 9.84 Å². The molecule has 1 N–H and O–H groups in total. The number of hydrogen-bond donors (Lipinski definition) is 1. The quantitative estimate of drug-likeness (QED) is 0.916. The van der Waals surface area contributed by atoms with Gasteiger partial charge in [-0.2, -0.15) is 0 Å². The minimum absolute atomic E-state index is 0.0316. The van der Waals surface area contributed by atoms with Crippen LogP contribution < -0.4 is 5.32 Å². The first-order chi connectivity index (χ1) is 9.56. The molecule has 110 valence electrons. The standard InChI is InChI=1S/C15H22N2O2S/c1-17-8-6-12(7-9-17)10-16-14-11-20(18,19)15-5-3-2-4-13(14)15/h2-5,12,14,16H,6-11H2,1H3. The van der Waals surface area contributed by atoms with Gasteiger partial charge in [-0.25, -0.2) is 8.42 Å². The molecule has 1 aromatic rings. The summed E-state index contributed by atoms with van der Waals surface area (Å²) in [6.45, 7) is 3.21. The molecule has 0 spiro atoms. The van der Waals surface area contributed by atoms with Crippen LogP contribution in [0.1, 0.15) is 24.4 Å². The average molecular weight is 294 g/mol. The number of sulfone groups is 1. The van der Waals surface area contributed by atoms with Crippen molar-refractivity contribution in [2.24, 2.45) is 5.92 Å². The van der Waals surface area contributed by atoms with E-state index in [0.29, 0.717) is 10.8 Å². The van der Waals surface area contributed by atoms with Crippen LogP contribution in [0.2, 0.25) is 0 Å². The van der Waals surface area contributed by atoms with E-state index in [1.165, 1.54) is 12.8 Å². The van der Waals surface area contributed by atoms with Gasteiger partial charge >= 0.3 is 0 Å². The first kappa shape index (κ1) is 14.0. The van der Waals surface area contributed by atoms with Crippen molar-refractivity contribution in [1.29, 1.82) is 0 Å². The Morgan fingerprint density at radius 3 is 2.70 bits per heavy atom. The van der Waals surface area contributed by atoms with Crippen molar-refractivity contribution < 1.29 is 8.42 Å². The van der Waals surface area contributed by atoms with Crippen molar-refractivity contribution >= 4 is 9.84 Å². The number of likely N-dealkylation sites (tertiary alicyclic amines) is 1. The molecule has 3 rings (SSSR count). The van der Waals surface area contributed by atoms with Crippen molar-refractivity contribution in [3.05, 3.63) is 29.8 Å². The van der Waals surface area contributed by atoms with Gasteiger partial charge in [0.2, 0.25) is 0 Å². The molecule has 5 heteroatoms. The van der Waals surface area contributed by atoms with Crippen LogP contribution in [-0.4, -0.2) is 45.8 Å². The third-order valence-corrected chi connectivity index (χ3v) is 6.32. The molecule has 0 saturated carbocycles. The Hall–Kier alpha value is -0.910. The number of hydrogen-bond acceptors (Lipinski definition) is 4. The summed E-state index contributed by atoms with van der Waals surface area (Å²) >= 11 is 0. The molecule has 0 bridgehead atoms. The lowest BCUT2D eigenvalue weighted by molar-refractivity contribution is 0.213. The monoisotopic (exact) mass is 294 g/mol. The lowest BCUT2D eigenvalue weighted by Crippen LogP contribution is -2.36. The second-order valence-electron chi connectivity index (χ2n) is 6.03. The van der Waals surface area contributed by atoms with Crippen molar-refractivity contribution in [3.63, 3.8) is 0 Å². The molecule has 1 fully saturated rings. The molecule has 4 nitrogen and oxygen atoms in total. The van der Waals surface area contributed by atoms with Gasteiger partial charge in [0, 0.05) is 6.04 Å². The Balaban J connectivity index is 1.65. The SMILES string of the molecule is CN1CCC(CNC2CS(=O)(=O)c3ccccc32)CC1. The third kappa shape index (κ3) is 2.75. The third-order valence-electron chi connectivity index (χ3n) is 4.51. The highest BCUT2D eigenvalue weighted by molar-refractivity contribution is 7.91. The Morgan fingerprint density at radius 1 is 1.25 bits per heavy atom. The van der Waals surface area contributed by atoms with Gasteiger partial charge in [-0.05, 0) is 57.1 Å². The summed E-state index contributed by atoms with van der Waals surface area (Å²) in [5, 5.41) is 3.48. The molecule has 20 heavy (non-hydrogen) atoms. The van der Waals surface area contributed by atoms with Gasteiger partial charge in [-0.3, -0.25) is 0 Å². The fourth-order valence-electron chi connectivity index (χ4n) is 3.19. The second-order valence-corrected chi connectivity index (χ2v) is 8.03. The molecule has 1 atom stereocenters. The van der Waals surface area contributed by atoms with Crippen molar-refractivity contribution in [3.8, 4) is 0 Å². The molecule has 2 aliphatic rings. The van der Waals surface area contributed by atoms with E-state index in [-0.39, 0.29) is 11.8 Å². The van der Waals surface area contributed by atoms with E-state index in [2.05, 4.69) is 17.3 Å². The summed E-state index contributed by atoms with van der Waals surface area (Å²) in [4.78, 5) is 2.87. The number of piperidine rings is 1. The van der Waals surface area contributed by atoms with Crippen LogP contribution in [0.5, 0.6) is 0 Å². The highest BCUT2D eigenvalue weighted by Crippen LogP contribution is 2.33. The van der Waals surface area contributed by atoms with Crippen LogP contribution >= 0.6 is 0 Å². The largest absolute Gasteiger partial charge is 0.309 e. The second kappa shape index (κ2) is 5.47. The van der Waals surface area contributed by atoms with Gasteiger partial charge in [0.1, 0.15) is 0 Å². The van der Waals surface area contributed by atoms with E-state index in [1.54, 1.807) is 12.1 Å². The summed E-state index contributed by atoms with van der Waals surface area (Å²) < 4.78 is 24.2. The molecule has 0 aromatic heterocycles. The average Bonchev–Trinajstić information content (AvgIpc) is 2.70. The Labute approximate surface area is 121 Å². The van der Waals surface area contributed by atoms with E-state index in [0.717, 1.165) is 25.2 Å². The topological polar surface area (TPSA) is 49.4 Å². The fraction of sp³-hybridized carbons (Fsp3) is 0.600. The van der Waals surface area contributed by atoms with Gasteiger partial charge in [-0.15, -0.1) is 0 Å². The minimum Gasteiger partial charge on any atom is -0.309 e. The maximum atomic E-state index is 12.1. The van der Waals surface area contributed by atoms with Crippen molar-refractivity contribution in [2.75, 3.05) is 32.4 Å². The number of nitrogens with one attached hydrogen (secondary N) is 1. The van der Waals surface area contributed by atoms with Crippen molar-refractivity contribution in [2.45, 2.75) is 23.8 Å². The van der Waals surface area contributed by atoms with Gasteiger partial charge in [0.05, 0.1) is 10.6 Å². The normalized spacial score (nSPS) is 26.6. The van der Waals surface area contributed by atoms with Gasteiger partial charge in [0.15, 0.2) is 9.84 Å². The molecule has 1 saturated heterocycles. The Morgan fingerprint density at radius 2 is 1.95 bits per heavy atom. The van der Waals surface area contributed by atoms with Crippen LogP contribution in [0.15, 0.2) is 29.2 Å². The van der Waals surface area contributed by atoms with Crippen molar-refractivity contribution in [1.82, 2.24) is 10.2 Å². The molecule has 2 aliphatic heterocycles. The zero-order valence-corrected chi connectivity index (χ0v) is 12.7. The number of rotatable bonds is 3. The molecule has 0 aliphatic carbocycles. The summed E-state index contributed by atoms with van der Waals surface area (Å²) in [5.41, 5.74) is 0.945. The molecular weight excluding hydrogens is 272 g/mol. The van der Waals surface area contributed by atoms with Crippen LogP contribution in [0.3, 0.4) is 0 Å². The molecule has 1 aromatic carbocycles. The fourth-order valence-corrected chi connectivity index (χ4v) is 4.97. The zero-order valence-electron chi connectivity index (χ0n) is 11.9. The molecule has 0 amide bonds. The molecule has 0 radical (unpaired) electrons. The summed E-state index contributed by atoms with van der Waals surface area (Å²) in [6, 6.07) is 7.35. The van der Waals surface area contributed by atoms with E-state index >= 15 is 0 Å². The van der Waals surface area contributed by atoms with E-state index in [1.807, 2.05) is 12.1 Å². The van der Waals surface area contributed by atoms with Crippen LogP contribution in [-0.2, 0) is 9.84 Å². The Bertz CT molecular complexity index is 577. The first-order valence-corrected chi connectivity index (χ1v) is 8.95. The predicted octanol–water partition coefficient (Wildman–Crippen LogP) is 1.45. The van der Waals surface area contributed by atoms with Crippen LogP contribution in [0.25, 0.3) is 0 Å². The van der Waals surface area contributed by atoms with Crippen LogP contribution in [0, 0.1) is 5.92 Å². The zero-order chi connectivity index (χ0) is 14.2. The maximum Gasteiger partial charge on any atom is 0.180 e. The molecule has 2 heterocycles. The van der Waals surface area contributed by atoms with Gasteiger partial charge in [0.25, 0.3) is 0 Å². The van der Waals surface area contributed by atoms with E-state index in [9.17, 15) is 8.42 Å². The highest BCUT2D eigenvalue weighted by Gasteiger charge is 2.34. The number of nitrogens with zero attached hydrogens (tertiary/aromatic N) is 1. The Kier molecular flexibility index (Phi) is 3.84.